The van der Waals surface area contributed by atoms with Crippen LogP contribution in [0.1, 0.15) is 50.9 Å². The van der Waals surface area contributed by atoms with Gasteiger partial charge in [0.05, 0.1) is 28.7 Å². The standard InChI is InChI=1S/C31H31ClFN7O4/c1-6-20(42)38-10-11-39-17(12-38)13-44-28-22-29(39)37-31(43)40(27-24(15(2)3)34-14-35-25(27)16(4)5)30(22)36-26(23(28)32)21-18(33)8-7-9-19(21)41/h6-9,14-17,41H,1,10-13H2,2-5H3/t17-/m1/s1. The van der Waals surface area contributed by atoms with Crippen molar-refractivity contribution < 1.29 is 19.0 Å². The summed E-state index contributed by atoms with van der Waals surface area (Å²) in [5, 5.41) is 11.0. The Kier molecular flexibility index (Phi) is 7.48. The van der Waals surface area contributed by atoms with Gasteiger partial charge in [-0.05, 0) is 30.0 Å². The number of fused-ring (bicyclic) bond motifs is 2. The molecule has 11 nitrogen and oxygen atoms in total. The van der Waals surface area contributed by atoms with Crippen LogP contribution in [-0.4, -0.2) is 72.7 Å². The molecule has 0 saturated carbocycles. The number of phenolic OH excluding ortho intramolecular Hbond substituents is 1. The van der Waals surface area contributed by atoms with Crippen LogP contribution in [0, 0.1) is 5.82 Å². The Morgan fingerprint density at radius 1 is 1.16 bits per heavy atom. The van der Waals surface area contributed by atoms with E-state index in [2.05, 4.69) is 21.5 Å². The summed E-state index contributed by atoms with van der Waals surface area (Å²) in [6.45, 7) is 12.5. The molecule has 0 radical (unpaired) electrons. The Hall–Kier alpha value is -4.58. The van der Waals surface area contributed by atoms with Crippen LogP contribution in [0.15, 0.2) is 42.0 Å². The van der Waals surface area contributed by atoms with Gasteiger partial charge < -0.3 is 19.6 Å². The molecule has 1 fully saturated rings. The number of nitrogens with zero attached hydrogens (tertiary/aromatic N) is 7. The smallest absolute Gasteiger partial charge is 0.355 e. The van der Waals surface area contributed by atoms with Gasteiger partial charge in [-0.25, -0.2) is 28.7 Å². The zero-order chi connectivity index (χ0) is 31.4. The van der Waals surface area contributed by atoms with Crippen LogP contribution < -0.4 is 15.3 Å². The summed E-state index contributed by atoms with van der Waals surface area (Å²) < 4.78 is 23.0. The largest absolute Gasteiger partial charge is 0.507 e. The van der Waals surface area contributed by atoms with E-state index in [1.165, 1.54) is 35.2 Å². The van der Waals surface area contributed by atoms with Gasteiger partial charge >= 0.3 is 5.69 Å². The Morgan fingerprint density at radius 2 is 1.86 bits per heavy atom. The van der Waals surface area contributed by atoms with Gasteiger partial charge in [-0.2, -0.15) is 4.98 Å². The average molecular weight is 620 g/mol. The molecule has 0 spiro atoms. The first-order valence-corrected chi connectivity index (χ1v) is 14.7. The second kappa shape index (κ2) is 11.2. The van der Waals surface area contributed by atoms with Gasteiger partial charge in [-0.1, -0.05) is 51.9 Å². The Balaban J connectivity index is 1.74. The lowest BCUT2D eigenvalue weighted by Crippen LogP contribution is -2.56. The lowest BCUT2D eigenvalue weighted by atomic mass is 10.0. The van der Waals surface area contributed by atoms with Crippen molar-refractivity contribution >= 4 is 34.4 Å². The number of halogens is 2. The lowest BCUT2D eigenvalue weighted by molar-refractivity contribution is -0.126. The van der Waals surface area contributed by atoms with Crippen LogP contribution in [0.25, 0.3) is 28.0 Å². The predicted octanol–water partition coefficient (Wildman–Crippen LogP) is 4.58. The van der Waals surface area contributed by atoms with E-state index in [4.69, 9.17) is 21.3 Å². The molecule has 2 aliphatic heterocycles. The van der Waals surface area contributed by atoms with Gasteiger partial charge in [0.15, 0.2) is 11.4 Å². The van der Waals surface area contributed by atoms with Crippen LogP contribution >= 0.6 is 11.6 Å². The molecule has 13 heteroatoms. The third-order valence-electron chi connectivity index (χ3n) is 7.99. The molecule has 1 aromatic carbocycles. The number of carbonyl (C=O) groups excluding carboxylic acids is 1. The summed E-state index contributed by atoms with van der Waals surface area (Å²) in [5.41, 5.74) is 0.724. The average Bonchev–Trinajstić information content (AvgIpc) is 3.15. The number of aromatic hydroxyl groups is 1. The first-order chi connectivity index (χ1) is 21.0. The minimum absolute atomic E-state index is 0.0532. The minimum Gasteiger partial charge on any atom is -0.507 e. The van der Waals surface area contributed by atoms with E-state index in [0.29, 0.717) is 42.1 Å². The summed E-state index contributed by atoms with van der Waals surface area (Å²) >= 11 is 6.94. The molecule has 6 rings (SSSR count). The van der Waals surface area contributed by atoms with Gasteiger partial charge in [0, 0.05) is 19.6 Å². The number of aromatic nitrogens is 5. The maximum Gasteiger partial charge on any atom is 0.355 e. The number of amides is 1. The molecule has 0 bridgehead atoms. The monoisotopic (exact) mass is 619 g/mol. The molecule has 228 valence electrons. The number of piperazine rings is 1. The fourth-order valence-corrected chi connectivity index (χ4v) is 6.19. The summed E-state index contributed by atoms with van der Waals surface area (Å²) in [6.07, 6.45) is 2.72. The summed E-state index contributed by atoms with van der Waals surface area (Å²) in [6, 6.07) is 3.50. The third kappa shape index (κ3) is 4.64. The molecular weight excluding hydrogens is 589 g/mol. The van der Waals surface area contributed by atoms with Gasteiger partial charge in [-0.3, -0.25) is 4.79 Å². The van der Waals surface area contributed by atoms with Gasteiger partial charge in [0.2, 0.25) is 5.91 Å². The normalized spacial score (nSPS) is 16.2. The highest BCUT2D eigenvalue weighted by atomic mass is 35.5. The summed E-state index contributed by atoms with van der Waals surface area (Å²) in [7, 11) is 0. The van der Waals surface area contributed by atoms with Gasteiger partial charge in [0.25, 0.3) is 0 Å². The summed E-state index contributed by atoms with van der Waals surface area (Å²) in [4.78, 5) is 48.7. The zero-order valence-corrected chi connectivity index (χ0v) is 25.5. The van der Waals surface area contributed by atoms with Crippen LogP contribution in [0.4, 0.5) is 10.2 Å². The van der Waals surface area contributed by atoms with Crippen molar-refractivity contribution in [2.24, 2.45) is 0 Å². The van der Waals surface area contributed by atoms with Crippen LogP contribution in [0.3, 0.4) is 0 Å². The second-order valence-corrected chi connectivity index (χ2v) is 11.8. The molecule has 4 aromatic rings. The van der Waals surface area contributed by atoms with Crippen molar-refractivity contribution in [2.45, 2.75) is 45.6 Å². The van der Waals surface area contributed by atoms with E-state index >= 15 is 4.39 Å². The van der Waals surface area contributed by atoms with Crippen molar-refractivity contribution in [1.29, 1.82) is 0 Å². The van der Waals surface area contributed by atoms with E-state index in [1.807, 2.05) is 32.6 Å². The molecule has 0 unspecified atom stereocenters. The van der Waals surface area contributed by atoms with E-state index in [9.17, 15) is 14.7 Å². The van der Waals surface area contributed by atoms with Crippen molar-refractivity contribution in [2.75, 3.05) is 31.1 Å². The molecule has 5 heterocycles. The van der Waals surface area contributed by atoms with Crippen LogP contribution in [-0.2, 0) is 4.79 Å². The molecule has 0 aliphatic carbocycles. The Labute approximate surface area is 257 Å². The fourth-order valence-electron chi connectivity index (χ4n) is 5.90. The quantitative estimate of drug-likeness (QED) is 0.319. The fraction of sp³-hybridized carbons (Fsp3) is 0.355. The molecule has 3 aromatic heterocycles. The Bertz CT molecular complexity index is 1850. The number of carbonyl (C=O) groups is 1. The molecule has 1 amide bonds. The van der Waals surface area contributed by atoms with Crippen LogP contribution in [0.2, 0.25) is 5.02 Å². The highest BCUT2D eigenvalue weighted by Crippen LogP contribution is 2.47. The van der Waals surface area contributed by atoms with Crippen molar-refractivity contribution in [3.8, 4) is 28.4 Å². The van der Waals surface area contributed by atoms with E-state index < -0.39 is 11.5 Å². The SMILES string of the molecule is C=CC(=O)N1CCN2c3nc(=O)n(-c4c(C(C)C)ncnc4C(C)C)c4nc(-c5c(O)cccc5F)c(Cl)c(c34)OC[C@H]2C1. The molecular formula is C31H31ClFN7O4. The summed E-state index contributed by atoms with van der Waals surface area (Å²) in [5.74, 6) is -1.15. The number of anilines is 1. The first kappa shape index (κ1) is 29.5. The number of benzene rings is 1. The highest BCUT2D eigenvalue weighted by Gasteiger charge is 2.38. The van der Waals surface area contributed by atoms with Gasteiger partial charge in [0.1, 0.15) is 46.4 Å². The number of phenols is 1. The zero-order valence-electron chi connectivity index (χ0n) is 24.7. The first-order valence-electron chi connectivity index (χ1n) is 14.3. The molecule has 1 atom stereocenters. The topological polar surface area (TPSA) is 127 Å². The lowest BCUT2D eigenvalue weighted by Gasteiger charge is -2.40. The molecule has 1 N–H and O–H groups in total. The Morgan fingerprint density at radius 3 is 2.50 bits per heavy atom. The third-order valence-corrected chi connectivity index (χ3v) is 8.34. The van der Waals surface area contributed by atoms with E-state index in [0.717, 1.165) is 0 Å². The molecule has 1 saturated heterocycles. The van der Waals surface area contributed by atoms with Gasteiger partial charge in [-0.15, -0.1) is 0 Å². The van der Waals surface area contributed by atoms with Crippen molar-refractivity contribution in [1.82, 2.24) is 29.4 Å². The van der Waals surface area contributed by atoms with E-state index in [-0.39, 0.29) is 69.6 Å². The number of hydrogen-bond acceptors (Lipinski definition) is 9. The highest BCUT2D eigenvalue weighted by molar-refractivity contribution is 6.36. The maximum atomic E-state index is 15.3. The number of ether oxygens (including phenoxy) is 1. The minimum atomic E-state index is -0.757. The maximum absolute atomic E-state index is 15.3. The number of rotatable bonds is 5. The number of pyridine rings is 1. The molecule has 2 aliphatic rings. The van der Waals surface area contributed by atoms with Crippen LogP contribution in [0.5, 0.6) is 11.5 Å². The predicted molar refractivity (Wildman–Crippen MR) is 164 cm³/mol. The van der Waals surface area contributed by atoms with Crippen molar-refractivity contribution in [3.63, 3.8) is 0 Å². The molecule has 44 heavy (non-hydrogen) atoms. The number of hydrogen-bond donors (Lipinski definition) is 1. The van der Waals surface area contributed by atoms with E-state index in [1.54, 1.807) is 4.90 Å². The second-order valence-electron chi connectivity index (χ2n) is 11.4. The van der Waals surface area contributed by atoms with Crippen molar-refractivity contribution in [3.05, 3.63) is 69.9 Å².